The first kappa shape index (κ1) is 25.5. The molecule has 0 spiro atoms. The van der Waals surface area contributed by atoms with E-state index in [0.29, 0.717) is 25.4 Å². The standard InChI is InChI=1S/C24H30F2N3O3PS/c25-24(26,33)18-5-6-23-21(15-18)29(20-3-1-2-4-22(20)34-23)17-19(31)16-28-9-7-27(8-10-28)11-13-32-14-12-30/h1-6,12,15,19,31H,7-11,13-14,16-17,33H2. The highest BCUT2D eigenvalue weighted by molar-refractivity contribution is 7.99. The minimum atomic E-state index is -3.01. The van der Waals surface area contributed by atoms with E-state index in [0.717, 1.165) is 54.5 Å². The minimum Gasteiger partial charge on any atom is -0.390 e. The third-order valence-electron chi connectivity index (χ3n) is 6.08. The van der Waals surface area contributed by atoms with Crippen molar-refractivity contribution >= 4 is 38.7 Å². The lowest BCUT2D eigenvalue weighted by atomic mass is 10.1. The highest BCUT2D eigenvalue weighted by atomic mass is 32.2. The molecule has 2 heterocycles. The van der Waals surface area contributed by atoms with Crippen LogP contribution in [0.1, 0.15) is 5.56 Å². The van der Waals surface area contributed by atoms with Gasteiger partial charge in [-0.2, -0.15) is 8.78 Å². The number of halogens is 2. The number of anilines is 2. The maximum absolute atomic E-state index is 14.0. The third kappa shape index (κ3) is 6.33. The number of aldehydes is 1. The fourth-order valence-corrected chi connectivity index (χ4v) is 5.58. The molecule has 4 rings (SSSR count). The quantitative estimate of drug-likeness (QED) is 0.299. The van der Waals surface area contributed by atoms with Crippen molar-refractivity contribution < 1.29 is 23.4 Å². The van der Waals surface area contributed by atoms with Crippen LogP contribution >= 0.6 is 21.0 Å². The Hall–Kier alpha value is -1.61. The molecule has 6 nitrogen and oxygen atoms in total. The molecule has 2 aliphatic heterocycles. The van der Waals surface area contributed by atoms with Gasteiger partial charge in [-0.1, -0.05) is 39.2 Å². The number of para-hydroxylation sites is 1. The van der Waals surface area contributed by atoms with Gasteiger partial charge in [-0.25, -0.2) is 0 Å². The van der Waals surface area contributed by atoms with Crippen molar-refractivity contribution in [3.63, 3.8) is 0 Å². The number of fused-ring (bicyclic) bond motifs is 2. The first-order chi connectivity index (χ1) is 16.3. The number of aliphatic hydroxyl groups excluding tert-OH is 1. The third-order valence-corrected chi connectivity index (χ3v) is 7.54. The number of aliphatic hydroxyl groups is 1. The van der Waals surface area contributed by atoms with Crippen molar-refractivity contribution in [2.45, 2.75) is 21.6 Å². The Bertz CT molecular complexity index is 986. The van der Waals surface area contributed by atoms with E-state index in [2.05, 4.69) is 9.80 Å². The zero-order valence-corrected chi connectivity index (χ0v) is 20.9. The molecule has 2 unspecified atom stereocenters. The maximum atomic E-state index is 14.0. The van der Waals surface area contributed by atoms with Gasteiger partial charge in [0, 0.05) is 54.6 Å². The molecule has 2 aliphatic rings. The average Bonchev–Trinajstić information content (AvgIpc) is 2.82. The van der Waals surface area contributed by atoms with Gasteiger partial charge < -0.3 is 19.5 Å². The van der Waals surface area contributed by atoms with Crippen LogP contribution < -0.4 is 4.90 Å². The average molecular weight is 510 g/mol. The molecular weight excluding hydrogens is 479 g/mol. The summed E-state index contributed by atoms with van der Waals surface area (Å²) in [5.41, 5.74) is -1.46. The molecule has 1 saturated heterocycles. The summed E-state index contributed by atoms with van der Waals surface area (Å²) in [4.78, 5) is 18.7. The SMILES string of the molecule is O=CCOCCN1CCN(CC(O)CN2c3ccccc3Sc3ccc(C(F)(F)P)cc32)CC1. The largest absolute Gasteiger partial charge is 0.390 e. The lowest BCUT2D eigenvalue weighted by Gasteiger charge is -2.38. The van der Waals surface area contributed by atoms with E-state index in [1.165, 1.54) is 12.1 Å². The highest BCUT2D eigenvalue weighted by Crippen LogP contribution is 2.50. The number of ether oxygens (including phenoxy) is 1. The molecule has 184 valence electrons. The Labute approximate surface area is 205 Å². The van der Waals surface area contributed by atoms with Gasteiger partial charge in [-0.15, -0.1) is 0 Å². The highest BCUT2D eigenvalue weighted by Gasteiger charge is 2.30. The molecule has 1 N–H and O–H groups in total. The monoisotopic (exact) mass is 509 g/mol. The first-order valence-electron chi connectivity index (χ1n) is 11.3. The van der Waals surface area contributed by atoms with Crippen LogP contribution in [0.4, 0.5) is 20.2 Å². The summed E-state index contributed by atoms with van der Waals surface area (Å²) >= 11 is 1.56. The lowest BCUT2D eigenvalue weighted by molar-refractivity contribution is -0.112. The number of piperazine rings is 1. The fraction of sp³-hybridized carbons (Fsp3) is 0.458. The van der Waals surface area contributed by atoms with E-state index in [1.54, 1.807) is 27.1 Å². The van der Waals surface area contributed by atoms with Crippen molar-refractivity contribution in [1.82, 2.24) is 9.80 Å². The van der Waals surface area contributed by atoms with Gasteiger partial charge in [0.1, 0.15) is 12.9 Å². The molecule has 2 atom stereocenters. The number of β-amino-alcohol motifs (C(OH)–C–C–N with tert-alkyl or cyclic N) is 1. The summed E-state index contributed by atoms with van der Waals surface area (Å²) in [5.74, 6) is 0. The Morgan fingerprint density at radius 3 is 2.50 bits per heavy atom. The minimum absolute atomic E-state index is 0.0658. The number of nitrogens with zero attached hydrogens (tertiary/aromatic N) is 3. The van der Waals surface area contributed by atoms with E-state index >= 15 is 0 Å². The molecule has 0 aliphatic carbocycles. The van der Waals surface area contributed by atoms with Gasteiger partial charge in [0.05, 0.1) is 30.6 Å². The molecule has 0 amide bonds. The Morgan fingerprint density at radius 2 is 1.76 bits per heavy atom. The zero-order valence-electron chi connectivity index (χ0n) is 18.9. The molecule has 0 saturated carbocycles. The maximum Gasteiger partial charge on any atom is 0.283 e. The summed E-state index contributed by atoms with van der Waals surface area (Å²) in [7, 11) is 1.60. The molecule has 2 aromatic rings. The Balaban J connectivity index is 1.41. The number of hydrogen-bond acceptors (Lipinski definition) is 7. The molecular formula is C24H30F2N3O3PS. The normalized spacial score (nSPS) is 17.8. The predicted octanol–water partition coefficient (Wildman–Crippen LogP) is 3.41. The molecule has 1 fully saturated rings. The second-order valence-corrected chi connectivity index (χ2v) is 10.3. The zero-order chi connectivity index (χ0) is 24.1. The van der Waals surface area contributed by atoms with E-state index in [9.17, 15) is 18.7 Å². The van der Waals surface area contributed by atoms with E-state index in [1.807, 2.05) is 29.2 Å². The first-order valence-corrected chi connectivity index (χ1v) is 12.7. The second-order valence-electron chi connectivity index (χ2n) is 8.52. The van der Waals surface area contributed by atoms with Gasteiger partial charge in [0.15, 0.2) is 0 Å². The number of rotatable bonds is 10. The van der Waals surface area contributed by atoms with Crippen molar-refractivity contribution in [2.24, 2.45) is 0 Å². The summed E-state index contributed by atoms with van der Waals surface area (Å²) in [5, 5.41) is 11.0. The Morgan fingerprint density at radius 1 is 1.06 bits per heavy atom. The van der Waals surface area contributed by atoms with Crippen LogP contribution in [0.2, 0.25) is 0 Å². The van der Waals surface area contributed by atoms with Crippen LogP contribution in [-0.2, 0) is 15.2 Å². The van der Waals surface area contributed by atoms with Crippen LogP contribution in [0, 0.1) is 0 Å². The Kier molecular flexibility index (Phi) is 8.56. The van der Waals surface area contributed by atoms with Crippen LogP contribution in [0.5, 0.6) is 0 Å². The van der Waals surface area contributed by atoms with Crippen LogP contribution in [-0.4, -0.2) is 86.3 Å². The van der Waals surface area contributed by atoms with E-state index in [4.69, 9.17) is 4.74 Å². The number of carbonyl (C=O) groups excluding carboxylic acids is 1. The van der Waals surface area contributed by atoms with Crippen molar-refractivity contribution in [2.75, 3.05) is 63.9 Å². The number of carbonyl (C=O) groups is 1. The number of benzene rings is 2. The molecule has 0 radical (unpaired) electrons. The molecule has 10 heteroatoms. The molecule has 0 aromatic heterocycles. The van der Waals surface area contributed by atoms with Crippen LogP contribution in [0.25, 0.3) is 0 Å². The summed E-state index contributed by atoms with van der Waals surface area (Å²) in [6.45, 7) is 5.67. The number of hydrogen-bond donors (Lipinski definition) is 1. The van der Waals surface area contributed by atoms with Gasteiger partial charge in [-0.05, 0) is 24.3 Å². The smallest absolute Gasteiger partial charge is 0.283 e. The van der Waals surface area contributed by atoms with Crippen LogP contribution in [0.3, 0.4) is 0 Å². The van der Waals surface area contributed by atoms with Gasteiger partial charge >= 0.3 is 0 Å². The van der Waals surface area contributed by atoms with Crippen molar-refractivity contribution in [3.05, 3.63) is 48.0 Å². The topological polar surface area (TPSA) is 56.3 Å². The molecule has 2 aromatic carbocycles. The summed E-state index contributed by atoms with van der Waals surface area (Å²) < 4.78 is 33.3. The summed E-state index contributed by atoms with van der Waals surface area (Å²) in [6.07, 6.45) is 0.108. The molecule has 34 heavy (non-hydrogen) atoms. The van der Waals surface area contributed by atoms with E-state index < -0.39 is 11.8 Å². The lowest BCUT2D eigenvalue weighted by Crippen LogP contribution is -2.50. The van der Waals surface area contributed by atoms with Crippen molar-refractivity contribution in [1.29, 1.82) is 0 Å². The number of alkyl halides is 2. The fourth-order valence-electron chi connectivity index (χ4n) is 4.32. The molecule has 0 bridgehead atoms. The predicted molar refractivity (Wildman–Crippen MR) is 133 cm³/mol. The summed E-state index contributed by atoms with van der Waals surface area (Å²) in [6, 6.07) is 12.6. The van der Waals surface area contributed by atoms with Gasteiger partial charge in [-0.3, -0.25) is 9.80 Å². The second kappa shape index (κ2) is 11.4. The van der Waals surface area contributed by atoms with Crippen molar-refractivity contribution in [3.8, 4) is 0 Å². The van der Waals surface area contributed by atoms with Gasteiger partial charge in [0.25, 0.3) is 5.66 Å². The van der Waals surface area contributed by atoms with E-state index in [-0.39, 0.29) is 12.2 Å². The van der Waals surface area contributed by atoms with Crippen LogP contribution in [0.15, 0.2) is 52.3 Å². The van der Waals surface area contributed by atoms with Gasteiger partial charge in [0.2, 0.25) is 0 Å².